The monoisotopic (exact) mass is 335 g/mol. The summed E-state index contributed by atoms with van der Waals surface area (Å²) in [6.45, 7) is 6.70. The molecule has 1 aromatic rings. The number of urea groups is 1. The molecule has 1 aliphatic heterocycles. The summed E-state index contributed by atoms with van der Waals surface area (Å²) in [5, 5.41) is 5.83. The number of amides is 2. The van der Waals surface area contributed by atoms with Crippen LogP contribution in [0.3, 0.4) is 0 Å². The van der Waals surface area contributed by atoms with Crippen LogP contribution >= 0.6 is 0 Å². The van der Waals surface area contributed by atoms with E-state index in [-0.39, 0.29) is 6.03 Å². The zero-order valence-corrected chi connectivity index (χ0v) is 14.7. The van der Waals surface area contributed by atoms with E-state index in [4.69, 9.17) is 9.47 Å². The summed E-state index contributed by atoms with van der Waals surface area (Å²) in [6.07, 6.45) is 1.93. The van der Waals surface area contributed by atoms with Crippen LogP contribution in [0.4, 0.5) is 10.5 Å². The summed E-state index contributed by atoms with van der Waals surface area (Å²) < 4.78 is 10.5. The molecule has 0 unspecified atom stereocenters. The first-order chi connectivity index (χ1) is 11.7. The van der Waals surface area contributed by atoms with Crippen LogP contribution in [-0.4, -0.2) is 52.5 Å². The van der Waals surface area contributed by atoms with Gasteiger partial charge in [-0.2, -0.15) is 0 Å². The summed E-state index contributed by atoms with van der Waals surface area (Å²) in [5.41, 5.74) is 1.18. The van der Waals surface area contributed by atoms with Crippen LogP contribution in [-0.2, 0) is 4.74 Å². The summed E-state index contributed by atoms with van der Waals surface area (Å²) in [7, 11) is 1.68. The lowest BCUT2D eigenvalue weighted by Gasteiger charge is -2.19. The minimum absolute atomic E-state index is 0.0914. The lowest BCUT2D eigenvalue weighted by Crippen LogP contribution is -2.39. The highest BCUT2D eigenvalue weighted by Gasteiger charge is 2.23. The zero-order chi connectivity index (χ0) is 17.2. The molecule has 0 saturated carbocycles. The molecular weight excluding hydrogens is 306 g/mol. The number of ether oxygens (including phenoxy) is 2. The van der Waals surface area contributed by atoms with Crippen LogP contribution in [0.2, 0.25) is 0 Å². The Morgan fingerprint density at radius 3 is 3.04 bits per heavy atom. The van der Waals surface area contributed by atoms with Crippen molar-refractivity contribution < 1.29 is 14.3 Å². The van der Waals surface area contributed by atoms with Gasteiger partial charge in [-0.15, -0.1) is 0 Å². The molecule has 0 aliphatic carbocycles. The van der Waals surface area contributed by atoms with Crippen molar-refractivity contribution in [3.63, 3.8) is 0 Å². The molecule has 0 radical (unpaired) electrons. The van der Waals surface area contributed by atoms with E-state index < -0.39 is 0 Å². The SMILES string of the molecule is CCOCCCNC(=O)NC[C@H]1CCN(c2cccc(OC)c2)C1. The Labute approximate surface area is 144 Å². The number of rotatable bonds is 9. The van der Waals surface area contributed by atoms with E-state index in [2.05, 4.69) is 27.7 Å². The molecule has 1 atom stereocenters. The maximum Gasteiger partial charge on any atom is 0.314 e. The number of hydrogen-bond acceptors (Lipinski definition) is 4. The van der Waals surface area contributed by atoms with Crippen LogP contribution in [0.1, 0.15) is 19.8 Å². The number of carbonyl (C=O) groups is 1. The zero-order valence-electron chi connectivity index (χ0n) is 14.7. The van der Waals surface area contributed by atoms with Gasteiger partial charge in [-0.25, -0.2) is 4.79 Å². The van der Waals surface area contributed by atoms with Gasteiger partial charge in [-0.3, -0.25) is 0 Å². The Kier molecular flexibility index (Phi) is 7.68. The van der Waals surface area contributed by atoms with Crippen molar-refractivity contribution in [3.05, 3.63) is 24.3 Å². The number of benzene rings is 1. The number of hydrogen-bond donors (Lipinski definition) is 2. The van der Waals surface area contributed by atoms with Crippen molar-refractivity contribution in [2.75, 3.05) is 51.4 Å². The lowest BCUT2D eigenvalue weighted by molar-refractivity contribution is 0.145. The lowest BCUT2D eigenvalue weighted by atomic mass is 10.1. The Bertz CT molecular complexity index is 510. The van der Waals surface area contributed by atoms with Crippen LogP contribution in [0.15, 0.2) is 24.3 Å². The van der Waals surface area contributed by atoms with E-state index in [0.29, 0.717) is 25.6 Å². The van der Waals surface area contributed by atoms with Gasteiger partial charge in [0.25, 0.3) is 0 Å². The molecule has 1 aromatic carbocycles. The predicted octanol–water partition coefficient (Wildman–Crippen LogP) is 2.25. The molecule has 2 rings (SSSR count). The van der Waals surface area contributed by atoms with Gasteiger partial charge in [-0.1, -0.05) is 6.07 Å². The molecule has 0 bridgehead atoms. The van der Waals surface area contributed by atoms with Crippen molar-refractivity contribution in [1.29, 1.82) is 0 Å². The maximum atomic E-state index is 11.8. The highest BCUT2D eigenvalue weighted by atomic mass is 16.5. The fourth-order valence-corrected chi connectivity index (χ4v) is 2.86. The molecule has 2 amide bonds. The highest BCUT2D eigenvalue weighted by molar-refractivity contribution is 5.73. The predicted molar refractivity (Wildman–Crippen MR) is 95.8 cm³/mol. The summed E-state index contributed by atoms with van der Waals surface area (Å²) >= 11 is 0. The third-order valence-electron chi connectivity index (χ3n) is 4.21. The third kappa shape index (κ3) is 5.92. The number of nitrogens with one attached hydrogen (secondary N) is 2. The number of anilines is 1. The van der Waals surface area contributed by atoms with Crippen molar-refractivity contribution in [2.45, 2.75) is 19.8 Å². The Morgan fingerprint density at radius 2 is 2.25 bits per heavy atom. The summed E-state index contributed by atoms with van der Waals surface area (Å²) in [6, 6.07) is 8.03. The van der Waals surface area contributed by atoms with Gasteiger partial charge in [0.2, 0.25) is 0 Å². The topological polar surface area (TPSA) is 62.8 Å². The van der Waals surface area contributed by atoms with E-state index in [0.717, 1.165) is 38.3 Å². The van der Waals surface area contributed by atoms with Crippen molar-refractivity contribution >= 4 is 11.7 Å². The molecule has 1 heterocycles. The number of nitrogens with zero attached hydrogens (tertiary/aromatic N) is 1. The van der Waals surface area contributed by atoms with Gasteiger partial charge in [-0.05, 0) is 37.8 Å². The van der Waals surface area contributed by atoms with E-state index >= 15 is 0 Å². The van der Waals surface area contributed by atoms with Crippen molar-refractivity contribution in [3.8, 4) is 5.75 Å². The second-order valence-electron chi connectivity index (χ2n) is 5.99. The van der Waals surface area contributed by atoms with Crippen LogP contribution in [0, 0.1) is 5.92 Å². The van der Waals surface area contributed by atoms with Gasteiger partial charge < -0.3 is 25.0 Å². The third-order valence-corrected chi connectivity index (χ3v) is 4.21. The van der Waals surface area contributed by atoms with Crippen LogP contribution in [0.5, 0.6) is 5.75 Å². The Hall–Kier alpha value is -1.95. The largest absolute Gasteiger partial charge is 0.497 e. The van der Waals surface area contributed by atoms with E-state index in [1.807, 2.05) is 19.1 Å². The number of methoxy groups -OCH3 is 1. The van der Waals surface area contributed by atoms with E-state index in [1.165, 1.54) is 5.69 Å². The Balaban J connectivity index is 1.65. The first-order valence-electron chi connectivity index (χ1n) is 8.71. The van der Waals surface area contributed by atoms with Crippen molar-refractivity contribution in [2.24, 2.45) is 5.92 Å². The summed E-state index contributed by atoms with van der Waals surface area (Å²) in [5.74, 6) is 1.35. The molecule has 1 saturated heterocycles. The first kappa shape index (κ1) is 18.4. The first-order valence-corrected chi connectivity index (χ1v) is 8.71. The second kappa shape index (κ2) is 10.0. The molecular formula is C18H29N3O3. The van der Waals surface area contributed by atoms with Crippen LogP contribution in [0.25, 0.3) is 0 Å². The quantitative estimate of drug-likeness (QED) is 0.680. The molecule has 1 aliphatic rings. The average Bonchev–Trinajstić information content (AvgIpc) is 3.09. The average molecular weight is 335 g/mol. The maximum absolute atomic E-state index is 11.8. The molecule has 0 aromatic heterocycles. The Morgan fingerprint density at radius 1 is 1.38 bits per heavy atom. The molecule has 6 nitrogen and oxygen atoms in total. The summed E-state index contributed by atoms with van der Waals surface area (Å²) in [4.78, 5) is 14.1. The number of carbonyl (C=O) groups excluding carboxylic acids is 1. The molecule has 24 heavy (non-hydrogen) atoms. The van der Waals surface area contributed by atoms with Gasteiger partial charge in [0.15, 0.2) is 0 Å². The molecule has 134 valence electrons. The smallest absolute Gasteiger partial charge is 0.314 e. The van der Waals surface area contributed by atoms with E-state index in [9.17, 15) is 4.79 Å². The molecule has 6 heteroatoms. The van der Waals surface area contributed by atoms with E-state index in [1.54, 1.807) is 7.11 Å². The highest BCUT2D eigenvalue weighted by Crippen LogP contribution is 2.26. The van der Waals surface area contributed by atoms with Crippen molar-refractivity contribution in [1.82, 2.24) is 10.6 Å². The fourth-order valence-electron chi connectivity index (χ4n) is 2.86. The normalized spacial score (nSPS) is 16.9. The standard InChI is InChI=1S/C18H29N3O3/c1-3-24-11-5-9-19-18(22)20-13-15-8-10-21(14-15)16-6-4-7-17(12-16)23-2/h4,6-7,12,15H,3,5,8-11,13-14H2,1-2H3,(H2,19,20,22)/t15-/m1/s1. The second-order valence-corrected chi connectivity index (χ2v) is 5.99. The van der Waals surface area contributed by atoms with Gasteiger partial charge >= 0.3 is 6.03 Å². The molecule has 2 N–H and O–H groups in total. The van der Waals surface area contributed by atoms with Crippen LogP contribution < -0.4 is 20.3 Å². The van der Waals surface area contributed by atoms with Gasteiger partial charge in [0.05, 0.1) is 7.11 Å². The molecule has 1 fully saturated rings. The minimum Gasteiger partial charge on any atom is -0.497 e. The van der Waals surface area contributed by atoms with Gasteiger partial charge in [0, 0.05) is 51.1 Å². The minimum atomic E-state index is -0.0914. The molecule has 0 spiro atoms. The van der Waals surface area contributed by atoms with Gasteiger partial charge in [0.1, 0.15) is 5.75 Å². The fraction of sp³-hybridized carbons (Fsp3) is 0.611.